The summed E-state index contributed by atoms with van der Waals surface area (Å²) in [5.74, 6) is -0.815. The van der Waals surface area contributed by atoms with Gasteiger partial charge in [0, 0.05) is 54.8 Å². The summed E-state index contributed by atoms with van der Waals surface area (Å²) in [5, 5.41) is 1.83. The second-order valence-electron chi connectivity index (χ2n) is 6.33. The molecular weight excluding hydrogens is 435 g/mol. The van der Waals surface area contributed by atoms with Crippen molar-refractivity contribution in [3.05, 3.63) is 67.7 Å². The number of carbonyl (C=O) groups excluding carboxylic acids is 1. The minimum Gasteiger partial charge on any atom is -0.336 e. The zero-order valence-corrected chi connectivity index (χ0v) is 16.7. The van der Waals surface area contributed by atoms with E-state index in [1.807, 2.05) is 5.38 Å². The Balaban J connectivity index is 1.41. The van der Waals surface area contributed by atoms with Gasteiger partial charge in [-0.25, -0.2) is 9.37 Å². The molecule has 0 spiro atoms. The summed E-state index contributed by atoms with van der Waals surface area (Å²) >= 11 is 4.70. The van der Waals surface area contributed by atoms with Crippen molar-refractivity contribution in [3.63, 3.8) is 0 Å². The molecule has 0 radical (unpaired) electrons. The average Bonchev–Trinajstić information content (AvgIpc) is 3.13. The van der Waals surface area contributed by atoms with Crippen LogP contribution >= 0.6 is 27.3 Å². The number of nitrogens with zero attached hydrogens (tertiary/aromatic N) is 4. The molecule has 0 atom stereocenters. The van der Waals surface area contributed by atoms with Crippen LogP contribution in [0.5, 0.6) is 0 Å². The molecule has 9 heteroatoms. The SMILES string of the molecule is O=C(c1cc(Br)ccc1F)N1CCN(Cc2cc(=O)n3ccsc3n2)CC1. The molecule has 4 rings (SSSR count). The Kier molecular flexibility index (Phi) is 5.07. The third-order valence-electron chi connectivity index (χ3n) is 4.56. The third-order valence-corrected chi connectivity index (χ3v) is 5.81. The van der Waals surface area contributed by atoms with Gasteiger partial charge in [0.2, 0.25) is 0 Å². The Labute approximate surface area is 167 Å². The van der Waals surface area contributed by atoms with E-state index in [9.17, 15) is 14.0 Å². The molecule has 1 amide bonds. The van der Waals surface area contributed by atoms with Gasteiger partial charge in [-0.05, 0) is 18.2 Å². The van der Waals surface area contributed by atoms with Gasteiger partial charge in [0.25, 0.3) is 11.5 Å². The van der Waals surface area contributed by atoms with Gasteiger partial charge in [0.1, 0.15) is 5.82 Å². The monoisotopic (exact) mass is 450 g/mol. The van der Waals surface area contributed by atoms with Gasteiger partial charge < -0.3 is 4.90 Å². The number of hydrogen-bond donors (Lipinski definition) is 0. The van der Waals surface area contributed by atoms with Gasteiger partial charge in [-0.1, -0.05) is 15.9 Å². The Morgan fingerprint density at radius 3 is 2.78 bits per heavy atom. The molecule has 6 nitrogen and oxygen atoms in total. The van der Waals surface area contributed by atoms with Gasteiger partial charge in [-0.2, -0.15) is 0 Å². The highest BCUT2D eigenvalue weighted by Crippen LogP contribution is 2.18. The van der Waals surface area contributed by atoms with Crippen molar-refractivity contribution >= 4 is 38.1 Å². The quantitative estimate of drug-likeness (QED) is 0.615. The molecule has 0 aliphatic carbocycles. The summed E-state index contributed by atoms with van der Waals surface area (Å²) in [4.78, 5) is 33.7. The van der Waals surface area contributed by atoms with Crippen molar-refractivity contribution in [2.45, 2.75) is 6.54 Å². The first-order valence-corrected chi connectivity index (χ1v) is 10.1. The minimum atomic E-state index is -0.514. The third kappa shape index (κ3) is 3.80. The molecule has 3 heterocycles. The lowest BCUT2D eigenvalue weighted by molar-refractivity contribution is 0.0622. The number of aromatic nitrogens is 2. The first-order chi connectivity index (χ1) is 13.0. The number of amides is 1. The summed E-state index contributed by atoms with van der Waals surface area (Å²) in [5.41, 5.74) is 0.714. The van der Waals surface area contributed by atoms with Crippen molar-refractivity contribution < 1.29 is 9.18 Å². The zero-order chi connectivity index (χ0) is 19.0. The van der Waals surface area contributed by atoms with E-state index in [0.717, 1.165) is 5.69 Å². The van der Waals surface area contributed by atoms with Crippen LogP contribution in [0.25, 0.3) is 4.96 Å². The molecule has 2 aromatic heterocycles. The van der Waals surface area contributed by atoms with E-state index < -0.39 is 5.82 Å². The van der Waals surface area contributed by atoms with Crippen LogP contribution in [0.15, 0.2) is 45.1 Å². The highest BCUT2D eigenvalue weighted by molar-refractivity contribution is 9.10. The molecule has 1 aliphatic heterocycles. The lowest BCUT2D eigenvalue weighted by Gasteiger charge is -2.34. The van der Waals surface area contributed by atoms with Crippen molar-refractivity contribution in [2.75, 3.05) is 26.2 Å². The molecule has 0 N–H and O–H groups in total. The van der Waals surface area contributed by atoms with Gasteiger partial charge in [0.15, 0.2) is 4.96 Å². The van der Waals surface area contributed by atoms with E-state index in [1.165, 1.54) is 27.9 Å². The number of thiazole rings is 1. The molecular formula is C18H16BrFN4O2S. The summed E-state index contributed by atoms with van der Waals surface area (Å²) in [6.07, 6.45) is 1.71. The molecule has 0 unspecified atom stereocenters. The van der Waals surface area contributed by atoms with E-state index in [-0.39, 0.29) is 17.0 Å². The van der Waals surface area contributed by atoms with Gasteiger partial charge in [-0.3, -0.25) is 18.9 Å². The van der Waals surface area contributed by atoms with Gasteiger partial charge >= 0.3 is 0 Å². The number of hydrogen-bond acceptors (Lipinski definition) is 5. The molecule has 1 aromatic carbocycles. The molecule has 140 valence electrons. The van der Waals surface area contributed by atoms with Crippen LogP contribution in [-0.4, -0.2) is 51.3 Å². The molecule has 0 bridgehead atoms. The average molecular weight is 451 g/mol. The van der Waals surface area contributed by atoms with Crippen LogP contribution in [0.3, 0.4) is 0 Å². The zero-order valence-electron chi connectivity index (χ0n) is 14.3. The minimum absolute atomic E-state index is 0.0793. The van der Waals surface area contributed by atoms with Crippen molar-refractivity contribution in [2.24, 2.45) is 0 Å². The topological polar surface area (TPSA) is 57.9 Å². The first kappa shape index (κ1) is 18.3. The Morgan fingerprint density at radius 2 is 2.00 bits per heavy atom. The van der Waals surface area contributed by atoms with Crippen LogP contribution < -0.4 is 5.56 Å². The molecule has 27 heavy (non-hydrogen) atoms. The predicted molar refractivity (Wildman–Crippen MR) is 105 cm³/mol. The van der Waals surface area contributed by atoms with Crippen molar-refractivity contribution in [1.82, 2.24) is 19.2 Å². The number of fused-ring (bicyclic) bond motifs is 1. The maximum Gasteiger partial charge on any atom is 0.258 e. The molecule has 1 saturated heterocycles. The largest absolute Gasteiger partial charge is 0.336 e. The van der Waals surface area contributed by atoms with Crippen LogP contribution in [0.2, 0.25) is 0 Å². The highest BCUT2D eigenvalue weighted by Gasteiger charge is 2.24. The van der Waals surface area contributed by atoms with Gasteiger partial charge in [0.05, 0.1) is 11.3 Å². The maximum atomic E-state index is 14.0. The normalized spacial score (nSPS) is 15.4. The number of carbonyl (C=O) groups is 1. The smallest absolute Gasteiger partial charge is 0.258 e. The second kappa shape index (κ2) is 7.49. The summed E-state index contributed by atoms with van der Waals surface area (Å²) in [6, 6.07) is 5.92. The number of rotatable bonds is 3. The number of benzene rings is 1. The maximum absolute atomic E-state index is 14.0. The van der Waals surface area contributed by atoms with E-state index in [4.69, 9.17) is 0 Å². The lowest BCUT2D eigenvalue weighted by atomic mass is 10.1. The fourth-order valence-electron chi connectivity index (χ4n) is 3.14. The van der Waals surface area contributed by atoms with Crippen molar-refractivity contribution in [3.8, 4) is 0 Å². The van der Waals surface area contributed by atoms with E-state index in [0.29, 0.717) is 42.2 Å². The molecule has 1 fully saturated rings. The van der Waals surface area contributed by atoms with Crippen LogP contribution in [0.1, 0.15) is 16.1 Å². The van der Waals surface area contributed by atoms with E-state index in [2.05, 4.69) is 25.8 Å². The summed E-state index contributed by atoms with van der Waals surface area (Å²) < 4.78 is 16.2. The Bertz CT molecular complexity index is 1060. The fourth-order valence-corrected chi connectivity index (χ4v) is 4.24. The van der Waals surface area contributed by atoms with E-state index in [1.54, 1.807) is 23.2 Å². The predicted octanol–water partition coefficient (Wildman–Crippen LogP) is 2.62. The Hall–Kier alpha value is -2.10. The molecule has 0 saturated carbocycles. The van der Waals surface area contributed by atoms with Crippen LogP contribution in [0, 0.1) is 5.82 Å². The molecule has 3 aromatic rings. The van der Waals surface area contributed by atoms with Gasteiger partial charge in [-0.15, -0.1) is 11.3 Å². The number of halogens is 2. The number of piperazine rings is 1. The van der Waals surface area contributed by atoms with Crippen LogP contribution in [0.4, 0.5) is 4.39 Å². The fraction of sp³-hybridized carbons (Fsp3) is 0.278. The van der Waals surface area contributed by atoms with Crippen molar-refractivity contribution in [1.29, 1.82) is 0 Å². The molecule has 1 aliphatic rings. The van der Waals surface area contributed by atoms with E-state index >= 15 is 0 Å². The highest BCUT2D eigenvalue weighted by atomic mass is 79.9. The summed E-state index contributed by atoms with van der Waals surface area (Å²) in [7, 11) is 0. The second-order valence-corrected chi connectivity index (χ2v) is 8.12. The first-order valence-electron chi connectivity index (χ1n) is 8.44. The lowest BCUT2D eigenvalue weighted by Crippen LogP contribution is -2.48. The van der Waals surface area contributed by atoms with Crippen LogP contribution in [-0.2, 0) is 6.54 Å². The standard InChI is InChI=1S/C18H16BrFN4O2S/c19-12-1-2-15(20)14(9-12)17(26)23-5-3-22(4-6-23)11-13-10-16(25)24-7-8-27-18(24)21-13/h1-2,7-10H,3-6,11H2. The summed E-state index contributed by atoms with van der Waals surface area (Å²) in [6.45, 7) is 2.85. The Morgan fingerprint density at radius 1 is 1.22 bits per heavy atom.